The Hall–Kier alpha value is -3.47. The molecular formula is C27H29N3O2. The maximum absolute atomic E-state index is 13.1. The Morgan fingerprint density at radius 3 is 2.47 bits per heavy atom. The van der Waals surface area contributed by atoms with Crippen LogP contribution in [0.3, 0.4) is 0 Å². The van der Waals surface area contributed by atoms with Gasteiger partial charge in [-0.25, -0.2) is 0 Å². The molecule has 1 aliphatic heterocycles. The van der Waals surface area contributed by atoms with Crippen LogP contribution in [-0.4, -0.2) is 41.8 Å². The molecule has 5 nitrogen and oxygen atoms in total. The molecule has 1 atom stereocenters. The Morgan fingerprint density at radius 2 is 1.75 bits per heavy atom. The zero-order chi connectivity index (χ0) is 22.6. The monoisotopic (exact) mass is 427 g/mol. The van der Waals surface area contributed by atoms with Crippen LogP contribution in [0.2, 0.25) is 0 Å². The molecule has 1 saturated heterocycles. The first kappa shape index (κ1) is 21.8. The fourth-order valence-corrected chi connectivity index (χ4v) is 4.60. The molecule has 1 unspecified atom stereocenters. The standard InChI is InChI=1S/C27H29N3O2/c1-20-7-9-21(10-8-20)17-25(31)30-16-13-27(19-30,26(32)28-2)18-23-5-3-4-6-24(23)22-11-14-29-15-12-22/h3-12,14-15H,13,16-19H2,1-2H3,(H,28,32). The summed E-state index contributed by atoms with van der Waals surface area (Å²) in [5.74, 6) is 0.0646. The molecule has 1 fully saturated rings. The number of nitrogens with zero attached hydrogens (tertiary/aromatic N) is 2. The molecule has 0 radical (unpaired) electrons. The van der Waals surface area contributed by atoms with Crippen LogP contribution >= 0.6 is 0 Å². The minimum atomic E-state index is -0.638. The average Bonchev–Trinajstić information content (AvgIpc) is 3.26. The van der Waals surface area contributed by atoms with Gasteiger partial charge in [0.1, 0.15) is 0 Å². The highest BCUT2D eigenvalue weighted by Crippen LogP contribution is 2.37. The van der Waals surface area contributed by atoms with Crippen molar-refractivity contribution in [3.8, 4) is 11.1 Å². The van der Waals surface area contributed by atoms with E-state index in [-0.39, 0.29) is 11.8 Å². The number of carbonyl (C=O) groups excluding carboxylic acids is 2. The van der Waals surface area contributed by atoms with Crippen LogP contribution in [0.5, 0.6) is 0 Å². The van der Waals surface area contributed by atoms with Crippen molar-refractivity contribution < 1.29 is 9.59 Å². The summed E-state index contributed by atoms with van der Waals surface area (Å²) in [7, 11) is 1.68. The van der Waals surface area contributed by atoms with E-state index in [2.05, 4.69) is 22.4 Å². The Bertz CT molecular complexity index is 1100. The van der Waals surface area contributed by atoms with Gasteiger partial charge in [-0.15, -0.1) is 0 Å². The Labute approximate surface area is 189 Å². The van der Waals surface area contributed by atoms with E-state index >= 15 is 0 Å². The highest BCUT2D eigenvalue weighted by molar-refractivity contribution is 5.86. The summed E-state index contributed by atoms with van der Waals surface area (Å²) < 4.78 is 0. The van der Waals surface area contributed by atoms with Crippen molar-refractivity contribution in [1.29, 1.82) is 0 Å². The SMILES string of the molecule is CNC(=O)C1(Cc2ccccc2-c2ccncc2)CCN(C(=O)Cc2ccc(C)cc2)C1. The Morgan fingerprint density at radius 1 is 1.03 bits per heavy atom. The van der Waals surface area contributed by atoms with Crippen LogP contribution in [0.15, 0.2) is 73.1 Å². The van der Waals surface area contributed by atoms with Crippen molar-refractivity contribution in [2.75, 3.05) is 20.1 Å². The molecule has 0 bridgehead atoms. The van der Waals surface area contributed by atoms with Crippen LogP contribution in [-0.2, 0) is 22.4 Å². The van der Waals surface area contributed by atoms with Crippen molar-refractivity contribution in [3.63, 3.8) is 0 Å². The second kappa shape index (κ2) is 9.35. The van der Waals surface area contributed by atoms with Gasteiger partial charge in [-0.3, -0.25) is 14.6 Å². The lowest BCUT2D eigenvalue weighted by Crippen LogP contribution is -2.44. The highest BCUT2D eigenvalue weighted by Gasteiger charge is 2.45. The first-order chi connectivity index (χ1) is 15.5. The third-order valence-corrected chi connectivity index (χ3v) is 6.43. The molecule has 5 heteroatoms. The number of benzene rings is 2. The lowest BCUT2D eigenvalue weighted by atomic mass is 9.78. The molecule has 2 amide bonds. The summed E-state index contributed by atoms with van der Waals surface area (Å²) in [5, 5.41) is 2.86. The summed E-state index contributed by atoms with van der Waals surface area (Å²) in [4.78, 5) is 32.1. The van der Waals surface area contributed by atoms with Gasteiger partial charge in [0.05, 0.1) is 11.8 Å². The van der Waals surface area contributed by atoms with Gasteiger partial charge in [-0.1, -0.05) is 54.1 Å². The van der Waals surface area contributed by atoms with Crippen LogP contribution in [0.25, 0.3) is 11.1 Å². The number of amides is 2. The van der Waals surface area contributed by atoms with E-state index in [1.54, 1.807) is 19.4 Å². The van der Waals surface area contributed by atoms with Gasteiger partial charge < -0.3 is 10.2 Å². The Kier molecular flexibility index (Phi) is 6.35. The van der Waals surface area contributed by atoms with E-state index in [4.69, 9.17) is 0 Å². The summed E-state index contributed by atoms with van der Waals surface area (Å²) in [6.45, 7) is 3.06. The van der Waals surface area contributed by atoms with Gasteiger partial charge >= 0.3 is 0 Å². The lowest BCUT2D eigenvalue weighted by Gasteiger charge is -2.28. The van der Waals surface area contributed by atoms with Gasteiger partial charge in [0.25, 0.3) is 0 Å². The maximum atomic E-state index is 13.1. The molecule has 1 aliphatic rings. The topological polar surface area (TPSA) is 62.3 Å². The second-order valence-electron chi connectivity index (χ2n) is 8.66. The molecule has 0 spiro atoms. The van der Waals surface area contributed by atoms with Crippen molar-refractivity contribution >= 4 is 11.8 Å². The smallest absolute Gasteiger partial charge is 0.228 e. The maximum Gasteiger partial charge on any atom is 0.228 e. The molecule has 164 valence electrons. The van der Waals surface area contributed by atoms with E-state index in [1.165, 1.54) is 5.56 Å². The van der Waals surface area contributed by atoms with E-state index in [9.17, 15) is 9.59 Å². The number of carbonyl (C=O) groups is 2. The van der Waals surface area contributed by atoms with Crippen LogP contribution in [0.1, 0.15) is 23.1 Å². The molecule has 32 heavy (non-hydrogen) atoms. The van der Waals surface area contributed by atoms with Crippen molar-refractivity contribution in [2.45, 2.75) is 26.2 Å². The predicted octanol–water partition coefficient (Wildman–Crippen LogP) is 3.81. The van der Waals surface area contributed by atoms with E-state index in [0.717, 1.165) is 22.3 Å². The molecule has 4 rings (SSSR count). The molecular weight excluding hydrogens is 398 g/mol. The largest absolute Gasteiger partial charge is 0.359 e. The molecule has 2 aromatic carbocycles. The van der Waals surface area contributed by atoms with Crippen molar-refractivity contribution in [1.82, 2.24) is 15.2 Å². The van der Waals surface area contributed by atoms with Gasteiger partial charge in [0.2, 0.25) is 11.8 Å². The molecule has 1 aromatic heterocycles. The summed E-state index contributed by atoms with van der Waals surface area (Å²) in [6.07, 6.45) is 5.15. The van der Waals surface area contributed by atoms with Crippen LogP contribution in [0.4, 0.5) is 0 Å². The second-order valence-corrected chi connectivity index (χ2v) is 8.66. The van der Waals surface area contributed by atoms with E-state index in [1.807, 2.05) is 60.4 Å². The highest BCUT2D eigenvalue weighted by atomic mass is 16.2. The van der Waals surface area contributed by atoms with E-state index in [0.29, 0.717) is 32.4 Å². The zero-order valence-corrected chi connectivity index (χ0v) is 18.7. The van der Waals surface area contributed by atoms with Gasteiger partial charge in [-0.2, -0.15) is 0 Å². The summed E-state index contributed by atoms with van der Waals surface area (Å²) in [6, 6.07) is 20.2. The van der Waals surface area contributed by atoms with Crippen molar-refractivity contribution in [2.24, 2.45) is 5.41 Å². The van der Waals surface area contributed by atoms with Gasteiger partial charge in [0.15, 0.2) is 0 Å². The number of likely N-dealkylation sites (tertiary alicyclic amines) is 1. The fourth-order valence-electron chi connectivity index (χ4n) is 4.60. The van der Waals surface area contributed by atoms with Gasteiger partial charge in [-0.05, 0) is 54.2 Å². The number of hydrogen-bond donors (Lipinski definition) is 1. The quantitative estimate of drug-likeness (QED) is 0.651. The minimum Gasteiger partial charge on any atom is -0.359 e. The fraction of sp³-hybridized carbons (Fsp3) is 0.296. The number of hydrogen-bond acceptors (Lipinski definition) is 3. The lowest BCUT2D eigenvalue weighted by molar-refractivity contribution is -0.132. The van der Waals surface area contributed by atoms with Gasteiger partial charge in [0, 0.05) is 32.5 Å². The first-order valence-corrected chi connectivity index (χ1v) is 11.0. The third-order valence-electron chi connectivity index (χ3n) is 6.43. The minimum absolute atomic E-state index is 0.00679. The number of aromatic nitrogens is 1. The zero-order valence-electron chi connectivity index (χ0n) is 18.7. The molecule has 0 saturated carbocycles. The Balaban J connectivity index is 1.57. The summed E-state index contributed by atoms with van der Waals surface area (Å²) in [5.41, 5.74) is 4.82. The normalized spacial score (nSPS) is 17.9. The van der Waals surface area contributed by atoms with Crippen LogP contribution in [0, 0.1) is 12.3 Å². The van der Waals surface area contributed by atoms with Crippen LogP contribution < -0.4 is 5.32 Å². The third kappa shape index (κ3) is 4.57. The number of rotatable bonds is 6. The van der Waals surface area contributed by atoms with Crippen molar-refractivity contribution in [3.05, 3.63) is 89.7 Å². The molecule has 1 N–H and O–H groups in total. The summed E-state index contributed by atoms with van der Waals surface area (Å²) >= 11 is 0. The average molecular weight is 428 g/mol. The first-order valence-electron chi connectivity index (χ1n) is 11.0. The molecule has 2 heterocycles. The number of nitrogens with one attached hydrogen (secondary N) is 1. The molecule has 3 aromatic rings. The predicted molar refractivity (Wildman–Crippen MR) is 126 cm³/mol. The molecule has 0 aliphatic carbocycles. The number of aryl methyl sites for hydroxylation is 1. The number of pyridine rings is 1. The van der Waals surface area contributed by atoms with E-state index < -0.39 is 5.41 Å².